The molecule has 4 aromatic rings. The highest BCUT2D eigenvalue weighted by Crippen LogP contribution is 2.35. The van der Waals surface area contributed by atoms with Crippen LogP contribution in [-0.2, 0) is 4.74 Å². The Morgan fingerprint density at radius 3 is 2.42 bits per heavy atom. The van der Waals surface area contributed by atoms with Gasteiger partial charge >= 0.3 is 5.97 Å². The summed E-state index contributed by atoms with van der Waals surface area (Å²) in [7, 11) is 4.32. The van der Waals surface area contributed by atoms with Gasteiger partial charge in [-0.1, -0.05) is 30.3 Å². The molecule has 0 radical (unpaired) electrons. The van der Waals surface area contributed by atoms with Crippen LogP contribution in [0.2, 0.25) is 0 Å². The van der Waals surface area contributed by atoms with E-state index in [9.17, 15) is 9.90 Å². The molecule has 0 saturated carbocycles. The summed E-state index contributed by atoms with van der Waals surface area (Å²) in [4.78, 5) is 16.4. The lowest BCUT2D eigenvalue weighted by Gasteiger charge is -2.14. The molecule has 0 aliphatic rings. The molecule has 0 spiro atoms. The Bertz CT molecular complexity index is 1240. The van der Waals surface area contributed by atoms with Gasteiger partial charge in [0.15, 0.2) is 5.69 Å². The fourth-order valence-electron chi connectivity index (χ4n) is 3.39. The number of ether oxygens (including phenoxy) is 3. The standard InChI is InChI=1S/C23H21N3O5/c1-29-15-9-10-19-20(21(25-26(19)13-15)14-7-5-4-6-8-14)22(27)17-11-16(30-2)12-18(24-17)23(28)31-3/h4-13,22,27H,1-3H3. The quantitative estimate of drug-likeness (QED) is 0.479. The Hall–Kier alpha value is -3.91. The number of nitrogens with zero attached hydrogens (tertiary/aromatic N) is 3. The molecule has 1 atom stereocenters. The van der Waals surface area contributed by atoms with Crippen molar-refractivity contribution in [2.24, 2.45) is 0 Å². The van der Waals surface area contributed by atoms with E-state index in [1.807, 2.05) is 36.4 Å². The monoisotopic (exact) mass is 419 g/mol. The third-order valence-corrected chi connectivity index (χ3v) is 4.93. The number of methoxy groups -OCH3 is 3. The van der Waals surface area contributed by atoms with E-state index in [-0.39, 0.29) is 11.4 Å². The molecule has 0 bridgehead atoms. The molecule has 8 heteroatoms. The van der Waals surface area contributed by atoms with E-state index in [0.717, 1.165) is 5.56 Å². The number of rotatable bonds is 6. The van der Waals surface area contributed by atoms with Gasteiger partial charge in [-0.2, -0.15) is 5.10 Å². The number of esters is 1. The van der Waals surface area contributed by atoms with Gasteiger partial charge in [0, 0.05) is 23.3 Å². The van der Waals surface area contributed by atoms with Crippen molar-refractivity contribution in [1.29, 1.82) is 0 Å². The van der Waals surface area contributed by atoms with Crippen LogP contribution in [0.25, 0.3) is 16.8 Å². The van der Waals surface area contributed by atoms with Gasteiger partial charge in [0.2, 0.25) is 0 Å². The van der Waals surface area contributed by atoms with E-state index >= 15 is 0 Å². The van der Waals surface area contributed by atoms with Crippen molar-refractivity contribution in [2.45, 2.75) is 6.10 Å². The second-order valence-corrected chi connectivity index (χ2v) is 6.74. The van der Waals surface area contributed by atoms with Gasteiger partial charge in [0.25, 0.3) is 0 Å². The molecular formula is C23H21N3O5. The van der Waals surface area contributed by atoms with Crippen LogP contribution in [0.3, 0.4) is 0 Å². The zero-order valence-electron chi connectivity index (χ0n) is 17.3. The summed E-state index contributed by atoms with van der Waals surface area (Å²) < 4.78 is 17.0. The first kappa shape index (κ1) is 20.4. The number of pyridine rings is 2. The van der Waals surface area contributed by atoms with Gasteiger partial charge in [0.05, 0.1) is 44.4 Å². The molecular weight excluding hydrogens is 398 g/mol. The van der Waals surface area contributed by atoms with Crippen LogP contribution >= 0.6 is 0 Å². The van der Waals surface area contributed by atoms with Crippen molar-refractivity contribution in [3.05, 3.63) is 77.7 Å². The highest BCUT2D eigenvalue weighted by molar-refractivity contribution is 5.87. The minimum Gasteiger partial charge on any atom is -0.497 e. The third kappa shape index (κ3) is 3.80. The minimum atomic E-state index is -1.18. The smallest absolute Gasteiger partial charge is 0.356 e. The number of hydrogen-bond donors (Lipinski definition) is 1. The lowest BCUT2D eigenvalue weighted by atomic mass is 9.99. The number of benzene rings is 1. The number of carbonyl (C=O) groups is 1. The highest BCUT2D eigenvalue weighted by Gasteiger charge is 2.25. The van der Waals surface area contributed by atoms with E-state index in [1.54, 1.807) is 30.0 Å². The molecule has 0 aliphatic heterocycles. The maximum Gasteiger partial charge on any atom is 0.356 e. The van der Waals surface area contributed by atoms with Gasteiger partial charge in [-0.15, -0.1) is 0 Å². The minimum absolute atomic E-state index is 0.0373. The summed E-state index contributed by atoms with van der Waals surface area (Å²) in [6, 6.07) is 16.2. The third-order valence-electron chi connectivity index (χ3n) is 4.93. The number of carbonyl (C=O) groups excluding carboxylic acids is 1. The molecule has 31 heavy (non-hydrogen) atoms. The van der Waals surface area contributed by atoms with Crippen molar-refractivity contribution < 1.29 is 24.1 Å². The molecule has 0 fully saturated rings. The Kier molecular flexibility index (Phi) is 5.55. The van der Waals surface area contributed by atoms with Crippen LogP contribution in [0.15, 0.2) is 60.8 Å². The molecule has 3 heterocycles. The van der Waals surface area contributed by atoms with Crippen LogP contribution in [0.4, 0.5) is 0 Å². The highest BCUT2D eigenvalue weighted by atomic mass is 16.5. The lowest BCUT2D eigenvalue weighted by Crippen LogP contribution is -2.10. The summed E-state index contributed by atoms with van der Waals surface area (Å²) in [6.45, 7) is 0. The van der Waals surface area contributed by atoms with Gasteiger partial charge in [0.1, 0.15) is 17.6 Å². The molecule has 8 nitrogen and oxygen atoms in total. The van der Waals surface area contributed by atoms with E-state index < -0.39 is 12.1 Å². The number of aliphatic hydroxyl groups excluding tert-OH is 1. The Morgan fingerprint density at radius 1 is 1.00 bits per heavy atom. The fourth-order valence-corrected chi connectivity index (χ4v) is 3.39. The number of hydrogen-bond acceptors (Lipinski definition) is 7. The summed E-state index contributed by atoms with van der Waals surface area (Å²) >= 11 is 0. The lowest BCUT2D eigenvalue weighted by molar-refractivity contribution is 0.0592. The normalized spacial score (nSPS) is 11.9. The summed E-state index contributed by atoms with van der Waals surface area (Å²) in [5.74, 6) is 0.382. The summed E-state index contributed by atoms with van der Waals surface area (Å²) in [5, 5.41) is 16.1. The molecule has 0 amide bonds. The molecule has 1 aromatic carbocycles. The molecule has 1 N–H and O–H groups in total. The molecule has 3 aromatic heterocycles. The second-order valence-electron chi connectivity index (χ2n) is 6.74. The van der Waals surface area contributed by atoms with E-state index in [0.29, 0.717) is 28.3 Å². The van der Waals surface area contributed by atoms with Gasteiger partial charge < -0.3 is 19.3 Å². The molecule has 158 valence electrons. The number of aliphatic hydroxyl groups is 1. The predicted octanol–water partition coefficient (Wildman–Crippen LogP) is 3.28. The van der Waals surface area contributed by atoms with Crippen molar-refractivity contribution in [2.75, 3.05) is 21.3 Å². The predicted molar refractivity (Wildman–Crippen MR) is 113 cm³/mol. The van der Waals surface area contributed by atoms with Crippen molar-refractivity contribution >= 4 is 11.5 Å². The summed E-state index contributed by atoms with van der Waals surface area (Å²) in [6.07, 6.45) is 0.552. The van der Waals surface area contributed by atoms with Crippen molar-refractivity contribution in [1.82, 2.24) is 14.6 Å². The van der Waals surface area contributed by atoms with Crippen molar-refractivity contribution in [3.63, 3.8) is 0 Å². The van der Waals surface area contributed by atoms with E-state index in [1.165, 1.54) is 20.3 Å². The van der Waals surface area contributed by atoms with Crippen LogP contribution in [0.1, 0.15) is 27.8 Å². The number of fused-ring (bicyclic) bond motifs is 1. The zero-order chi connectivity index (χ0) is 22.0. The molecule has 0 aliphatic carbocycles. The Morgan fingerprint density at radius 2 is 1.74 bits per heavy atom. The van der Waals surface area contributed by atoms with Crippen LogP contribution in [-0.4, -0.2) is 47.0 Å². The van der Waals surface area contributed by atoms with Crippen LogP contribution < -0.4 is 9.47 Å². The molecule has 0 saturated heterocycles. The maximum atomic E-state index is 12.1. The first-order valence-electron chi connectivity index (χ1n) is 9.49. The van der Waals surface area contributed by atoms with Gasteiger partial charge in [-0.05, 0) is 12.1 Å². The maximum absolute atomic E-state index is 12.1. The average molecular weight is 419 g/mol. The van der Waals surface area contributed by atoms with E-state index in [4.69, 9.17) is 14.2 Å². The topological polar surface area (TPSA) is 95.2 Å². The Labute approximate surface area is 178 Å². The van der Waals surface area contributed by atoms with Crippen LogP contribution in [0, 0.1) is 0 Å². The zero-order valence-corrected chi connectivity index (χ0v) is 17.3. The largest absolute Gasteiger partial charge is 0.497 e. The Balaban J connectivity index is 1.93. The molecule has 1 unspecified atom stereocenters. The average Bonchev–Trinajstić information content (AvgIpc) is 3.21. The van der Waals surface area contributed by atoms with Gasteiger partial charge in [-0.25, -0.2) is 14.3 Å². The van der Waals surface area contributed by atoms with Crippen molar-refractivity contribution in [3.8, 4) is 22.8 Å². The summed E-state index contributed by atoms with van der Waals surface area (Å²) in [5.41, 5.74) is 2.92. The molecule has 4 rings (SSSR count). The first-order valence-corrected chi connectivity index (χ1v) is 9.49. The van der Waals surface area contributed by atoms with Crippen LogP contribution in [0.5, 0.6) is 11.5 Å². The fraction of sp³-hybridized carbons (Fsp3) is 0.174. The first-order chi connectivity index (χ1) is 15.0. The van der Waals surface area contributed by atoms with E-state index in [2.05, 4.69) is 10.1 Å². The number of aromatic nitrogens is 3. The second kappa shape index (κ2) is 8.45. The SMILES string of the molecule is COC(=O)c1cc(OC)cc(C(O)c2c(-c3ccccc3)nn3cc(OC)ccc23)n1. The van der Waals surface area contributed by atoms with Gasteiger partial charge in [-0.3, -0.25) is 0 Å².